The van der Waals surface area contributed by atoms with Crippen LogP contribution in [-0.4, -0.2) is 44.0 Å². The van der Waals surface area contributed by atoms with Gasteiger partial charge >= 0.3 is 5.69 Å². The van der Waals surface area contributed by atoms with Crippen LogP contribution in [0.4, 0.5) is 10.2 Å². The number of aromatic nitrogens is 2. The Labute approximate surface area is 208 Å². The summed E-state index contributed by atoms with van der Waals surface area (Å²) in [5.41, 5.74) is 1.60. The zero-order chi connectivity index (χ0) is 26.6. The summed E-state index contributed by atoms with van der Waals surface area (Å²) in [6.07, 6.45) is -4.36. The summed E-state index contributed by atoms with van der Waals surface area (Å²) in [5, 5.41) is 23.0. The van der Waals surface area contributed by atoms with E-state index in [1.165, 1.54) is 6.92 Å². The number of amides is 1. The van der Waals surface area contributed by atoms with Crippen molar-refractivity contribution in [2.24, 2.45) is 0 Å². The molecule has 1 aliphatic heterocycles. The number of carbonyl (C=O) groups excluding carboxylic acids is 1. The predicted octanol–water partition coefficient (Wildman–Crippen LogP) is 2.08. The van der Waals surface area contributed by atoms with Crippen molar-refractivity contribution in [2.75, 3.05) is 5.32 Å². The predicted molar refractivity (Wildman–Crippen MR) is 132 cm³/mol. The van der Waals surface area contributed by atoms with Gasteiger partial charge in [0.05, 0.1) is 29.5 Å². The van der Waals surface area contributed by atoms with Crippen LogP contribution in [0.15, 0.2) is 50.5 Å². The molecule has 0 unspecified atom stereocenters. The average molecular weight is 509 g/mol. The molecule has 1 fully saturated rings. The summed E-state index contributed by atoms with van der Waals surface area (Å²) in [5.74, 6) is -2.34. The fraction of sp³-hybridized carbons (Fsp3) is 0.308. The monoisotopic (exact) mass is 509 g/mol. The highest BCUT2D eigenvalue weighted by molar-refractivity contribution is 5.97. The molecule has 3 N–H and O–H groups in total. The Balaban J connectivity index is 1.44. The fourth-order valence-electron chi connectivity index (χ4n) is 4.49. The Morgan fingerprint density at radius 3 is 2.54 bits per heavy atom. The molecule has 1 saturated heterocycles. The highest BCUT2D eigenvalue weighted by Gasteiger charge is 2.42. The number of benzene rings is 2. The lowest BCUT2D eigenvalue weighted by atomic mass is 10.0. The van der Waals surface area contributed by atoms with E-state index in [-0.39, 0.29) is 17.4 Å². The molecule has 0 saturated carbocycles. The molecule has 10 nitrogen and oxygen atoms in total. The lowest BCUT2D eigenvalue weighted by molar-refractivity contribution is -0.115. The van der Waals surface area contributed by atoms with E-state index in [4.69, 9.17) is 9.15 Å². The Hall–Kier alpha value is -3.93. The summed E-state index contributed by atoms with van der Waals surface area (Å²) < 4.78 is 26.9. The zero-order valence-corrected chi connectivity index (χ0v) is 20.2. The molecule has 1 amide bonds. The third-order valence-electron chi connectivity index (χ3n) is 6.73. The van der Waals surface area contributed by atoms with E-state index in [0.29, 0.717) is 21.9 Å². The van der Waals surface area contributed by atoms with Gasteiger partial charge in [-0.05, 0) is 44.0 Å². The number of ether oxygens (including phenoxy) is 1. The lowest BCUT2D eigenvalue weighted by Gasteiger charge is -2.17. The molecule has 5 rings (SSSR count). The number of rotatable bonds is 4. The fourth-order valence-corrected chi connectivity index (χ4v) is 4.49. The summed E-state index contributed by atoms with van der Waals surface area (Å²) in [6.45, 7) is 5.24. The van der Waals surface area contributed by atoms with Gasteiger partial charge in [-0.3, -0.25) is 14.2 Å². The minimum absolute atomic E-state index is 0.228. The molecule has 37 heavy (non-hydrogen) atoms. The van der Waals surface area contributed by atoms with Crippen molar-refractivity contribution in [3.63, 3.8) is 0 Å². The highest BCUT2D eigenvalue weighted by atomic mass is 19.1. The van der Waals surface area contributed by atoms with Gasteiger partial charge in [0.2, 0.25) is 11.3 Å². The van der Waals surface area contributed by atoms with Gasteiger partial charge < -0.3 is 24.7 Å². The van der Waals surface area contributed by atoms with E-state index in [1.54, 1.807) is 24.3 Å². The number of halogens is 1. The number of carbonyl (C=O) groups is 1. The Kier molecular flexibility index (Phi) is 6.14. The van der Waals surface area contributed by atoms with Crippen molar-refractivity contribution < 1.29 is 28.6 Å². The first kappa shape index (κ1) is 24.8. The maximum Gasteiger partial charge on any atom is 0.351 e. The van der Waals surface area contributed by atoms with Gasteiger partial charge in [0.25, 0.3) is 0 Å². The zero-order valence-electron chi connectivity index (χ0n) is 20.2. The lowest BCUT2D eigenvalue weighted by Crippen LogP contribution is -2.36. The van der Waals surface area contributed by atoms with Gasteiger partial charge in [0.1, 0.15) is 23.4 Å². The van der Waals surface area contributed by atoms with Gasteiger partial charge in [-0.15, -0.1) is 0 Å². The van der Waals surface area contributed by atoms with Crippen LogP contribution in [0.25, 0.3) is 21.9 Å². The van der Waals surface area contributed by atoms with Gasteiger partial charge in [0, 0.05) is 5.56 Å². The molecule has 4 aromatic rings. The molecule has 2 aromatic carbocycles. The molecular weight excluding hydrogens is 485 g/mol. The van der Waals surface area contributed by atoms with E-state index >= 15 is 0 Å². The molecule has 3 heterocycles. The topological polar surface area (TPSA) is 144 Å². The van der Waals surface area contributed by atoms with Crippen molar-refractivity contribution >= 4 is 33.7 Å². The van der Waals surface area contributed by atoms with Crippen LogP contribution in [0.5, 0.6) is 0 Å². The van der Waals surface area contributed by atoms with Gasteiger partial charge in [-0.1, -0.05) is 18.2 Å². The first-order valence-corrected chi connectivity index (χ1v) is 11.6. The summed E-state index contributed by atoms with van der Waals surface area (Å²) in [4.78, 5) is 41.9. The molecule has 0 radical (unpaired) electrons. The maximum absolute atomic E-state index is 14.8. The number of anilines is 1. The standard InChI is InChI=1S/C26H24FN3O7/c1-11-7-8-16-20(33)15-6-4-5-14(23(15)37-22(16)12(11)2)9-18(31)28-24-17(27)10-30(26(35)29-24)25-21(34)19(32)13(3)36-25/h4-8,10,13,19,21,25,32,34H,9H2,1-3H3,(H,28,29,31,35)/t13-,19-,21-,25-/m1/s1. The van der Waals surface area contributed by atoms with E-state index in [2.05, 4.69) is 10.3 Å². The Bertz CT molecular complexity index is 1680. The van der Waals surface area contributed by atoms with Gasteiger partial charge in [-0.2, -0.15) is 4.98 Å². The molecule has 0 aliphatic carbocycles. The number of aliphatic hydroxyl groups is 2. The number of aliphatic hydroxyl groups excluding tert-OH is 2. The second-order valence-corrected chi connectivity index (χ2v) is 9.17. The molecule has 1 aliphatic rings. The number of hydrogen-bond donors (Lipinski definition) is 3. The molecular formula is C26H24FN3O7. The van der Waals surface area contributed by atoms with E-state index in [0.717, 1.165) is 21.9 Å². The van der Waals surface area contributed by atoms with Gasteiger partial charge in [0.15, 0.2) is 17.9 Å². The minimum atomic E-state index is -1.46. The van der Waals surface area contributed by atoms with E-state index < -0.39 is 47.8 Å². The van der Waals surface area contributed by atoms with Crippen LogP contribution in [0.1, 0.15) is 29.8 Å². The number of para-hydroxylation sites is 1. The van der Waals surface area contributed by atoms with Gasteiger partial charge in [-0.25, -0.2) is 9.18 Å². The minimum Gasteiger partial charge on any atom is -0.455 e. The number of nitrogens with one attached hydrogen (secondary N) is 1. The number of hydrogen-bond acceptors (Lipinski definition) is 8. The Morgan fingerprint density at radius 1 is 1.11 bits per heavy atom. The molecule has 0 spiro atoms. The third kappa shape index (κ3) is 4.20. The average Bonchev–Trinajstić information content (AvgIpc) is 3.11. The maximum atomic E-state index is 14.8. The van der Waals surface area contributed by atoms with Crippen LogP contribution >= 0.6 is 0 Å². The van der Waals surface area contributed by atoms with Crippen molar-refractivity contribution in [3.05, 3.63) is 79.7 Å². The van der Waals surface area contributed by atoms with E-state index in [9.17, 15) is 29.0 Å². The normalized spacial score (nSPS) is 21.6. The summed E-state index contributed by atoms with van der Waals surface area (Å²) >= 11 is 0. The number of fused-ring (bicyclic) bond motifs is 2. The van der Waals surface area contributed by atoms with Crippen molar-refractivity contribution in [1.29, 1.82) is 0 Å². The van der Waals surface area contributed by atoms with E-state index in [1.807, 2.05) is 19.9 Å². The van der Waals surface area contributed by atoms with Crippen LogP contribution < -0.4 is 16.4 Å². The smallest absolute Gasteiger partial charge is 0.351 e. The Morgan fingerprint density at radius 2 is 1.84 bits per heavy atom. The second-order valence-electron chi connectivity index (χ2n) is 9.17. The molecule has 192 valence electrons. The van der Waals surface area contributed by atoms with Crippen LogP contribution in [0.2, 0.25) is 0 Å². The van der Waals surface area contributed by atoms with Crippen molar-refractivity contribution in [3.8, 4) is 0 Å². The van der Waals surface area contributed by atoms with Crippen molar-refractivity contribution in [2.45, 2.75) is 51.7 Å². The highest BCUT2D eigenvalue weighted by Crippen LogP contribution is 2.29. The summed E-state index contributed by atoms with van der Waals surface area (Å²) in [6, 6.07) is 8.40. The second kappa shape index (κ2) is 9.18. The quantitative estimate of drug-likeness (QED) is 0.355. The third-order valence-corrected chi connectivity index (χ3v) is 6.73. The molecule has 11 heteroatoms. The first-order valence-electron chi connectivity index (χ1n) is 11.6. The van der Waals surface area contributed by atoms with Crippen molar-refractivity contribution in [1.82, 2.24) is 9.55 Å². The molecule has 2 aromatic heterocycles. The van der Waals surface area contributed by atoms with Crippen LogP contribution in [-0.2, 0) is 16.0 Å². The largest absolute Gasteiger partial charge is 0.455 e. The van der Waals surface area contributed by atoms with Crippen LogP contribution in [0.3, 0.4) is 0 Å². The van der Waals surface area contributed by atoms with Crippen LogP contribution in [0, 0.1) is 19.7 Å². The number of nitrogens with zero attached hydrogens (tertiary/aromatic N) is 2. The number of aryl methyl sites for hydroxylation is 2. The summed E-state index contributed by atoms with van der Waals surface area (Å²) in [7, 11) is 0. The SMILES string of the molecule is Cc1ccc2c(=O)c3cccc(CC(=O)Nc4nc(=O)n([C@@H]5O[C@H](C)[C@@H](O)[C@H]5O)cc4F)c3oc2c1C. The first-order chi connectivity index (χ1) is 17.6. The molecule has 4 atom stereocenters. The molecule has 0 bridgehead atoms.